The minimum absolute atomic E-state index is 0.108. The lowest BCUT2D eigenvalue weighted by Crippen LogP contribution is -2.43. The van der Waals surface area contributed by atoms with Crippen LogP contribution in [-0.2, 0) is 4.79 Å². The van der Waals surface area contributed by atoms with E-state index in [0.29, 0.717) is 23.8 Å². The van der Waals surface area contributed by atoms with Crippen LogP contribution < -0.4 is 5.32 Å². The molecule has 0 aliphatic carbocycles. The molecule has 138 valence electrons. The maximum atomic E-state index is 12.6. The largest absolute Gasteiger partial charge is 0.472 e. The van der Waals surface area contributed by atoms with E-state index in [0.717, 1.165) is 23.4 Å². The maximum Gasteiger partial charge on any atom is 0.257 e. The average molecular weight is 382 g/mol. The number of nitrogens with zero attached hydrogens (tertiary/aromatic N) is 3. The normalized spacial score (nSPS) is 16.9. The zero-order chi connectivity index (χ0) is 18.6. The highest BCUT2D eigenvalue weighted by Gasteiger charge is 2.29. The summed E-state index contributed by atoms with van der Waals surface area (Å²) < 4.78 is 4.98. The topological polar surface area (TPSA) is 88.3 Å². The maximum absolute atomic E-state index is 12.6. The van der Waals surface area contributed by atoms with Crippen molar-refractivity contribution in [1.29, 1.82) is 0 Å². The van der Waals surface area contributed by atoms with Gasteiger partial charge in [0.1, 0.15) is 11.3 Å². The molecule has 3 aromatic rings. The minimum atomic E-state index is -0.265. The fourth-order valence-corrected chi connectivity index (χ4v) is 3.87. The van der Waals surface area contributed by atoms with E-state index in [4.69, 9.17) is 4.42 Å². The molecule has 1 aromatic carbocycles. The fourth-order valence-electron chi connectivity index (χ4n) is 3.12. The van der Waals surface area contributed by atoms with Gasteiger partial charge < -0.3 is 14.6 Å². The van der Waals surface area contributed by atoms with E-state index in [1.165, 1.54) is 23.9 Å². The summed E-state index contributed by atoms with van der Waals surface area (Å²) in [6.45, 7) is 1.03. The monoisotopic (exact) mass is 382 g/mol. The first kappa shape index (κ1) is 17.4. The number of amides is 2. The van der Waals surface area contributed by atoms with Gasteiger partial charge in [-0.3, -0.25) is 9.59 Å². The van der Waals surface area contributed by atoms with Crippen molar-refractivity contribution in [2.45, 2.75) is 12.8 Å². The number of likely N-dealkylation sites (tertiary alicyclic amines) is 1. The summed E-state index contributed by atoms with van der Waals surface area (Å²) in [6, 6.07) is 11.3. The van der Waals surface area contributed by atoms with Crippen LogP contribution in [0.25, 0.3) is 10.6 Å². The zero-order valence-electron chi connectivity index (χ0n) is 14.5. The van der Waals surface area contributed by atoms with Gasteiger partial charge in [-0.05, 0) is 18.9 Å². The fraction of sp³-hybridized carbons (Fsp3) is 0.263. The van der Waals surface area contributed by atoms with Crippen LogP contribution in [0.15, 0.2) is 53.3 Å². The van der Waals surface area contributed by atoms with Crippen molar-refractivity contribution >= 4 is 28.3 Å². The van der Waals surface area contributed by atoms with Gasteiger partial charge in [-0.25, -0.2) is 0 Å². The van der Waals surface area contributed by atoms with E-state index in [1.807, 2.05) is 30.3 Å². The van der Waals surface area contributed by atoms with Crippen LogP contribution >= 0.6 is 11.3 Å². The number of aromatic nitrogens is 2. The molecule has 27 heavy (non-hydrogen) atoms. The Labute approximate surface area is 160 Å². The first-order valence-electron chi connectivity index (χ1n) is 8.72. The average Bonchev–Trinajstić information content (AvgIpc) is 3.40. The molecule has 8 heteroatoms. The third-order valence-corrected chi connectivity index (χ3v) is 5.41. The number of benzene rings is 1. The molecule has 1 aliphatic heterocycles. The highest BCUT2D eigenvalue weighted by atomic mass is 32.1. The molecule has 1 aliphatic rings. The summed E-state index contributed by atoms with van der Waals surface area (Å²) in [4.78, 5) is 26.8. The van der Waals surface area contributed by atoms with E-state index >= 15 is 0 Å². The van der Waals surface area contributed by atoms with Crippen LogP contribution in [-0.4, -0.2) is 40.0 Å². The highest BCUT2D eigenvalue weighted by molar-refractivity contribution is 7.18. The van der Waals surface area contributed by atoms with Crippen molar-refractivity contribution in [2.75, 3.05) is 18.4 Å². The zero-order valence-corrected chi connectivity index (χ0v) is 15.3. The summed E-state index contributed by atoms with van der Waals surface area (Å²) in [5, 5.41) is 12.3. The Kier molecular flexibility index (Phi) is 4.97. The quantitative estimate of drug-likeness (QED) is 0.748. The second-order valence-electron chi connectivity index (χ2n) is 6.37. The van der Waals surface area contributed by atoms with Crippen LogP contribution in [0.4, 0.5) is 5.13 Å². The van der Waals surface area contributed by atoms with Crippen molar-refractivity contribution in [3.63, 3.8) is 0 Å². The predicted molar refractivity (Wildman–Crippen MR) is 101 cm³/mol. The van der Waals surface area contributed by atoms with Crippen LogP contribution in [0.1, 0.15) is 23.2 Å². The molecule has 4 rings (SSSR count). The number of nitrogens with one attached hydrogen (secondary N) is 1. The van der Waals surface area contributed by atoms with Gasteiger partial charge in [-0.15, -0.1) is 10.2 Å². The Balaban J connectivity index is 1.39. The summed E-state index contributed by atoms with van der Waals surface area (Å²) in [5.41, 5.74) is 1.47. The molecular formula is C19H18N4O3S. The molecule has 2 aromatic heterocycles. The summed E-state index contributed by atoms with van der Waals surface area (Å²) in [5.74, 6) is -0.502. The standard InChI is InChI=1S/C19H18N4O3S/c24-16(20-19-22-21-17(27-19)13-5-2-1-3-6-13)14-7-4-9-23(11-14)18(25)15-8-10-26-12-15/h1-3,5-6,8,10,12,14H,4,7,9,11H2,(H,20,22,24)/t14-/m1/s1. The van der Waals surface area contributed by atoms with Crippen molar-refractivity contribution < 1.29 is 14.0 Å². The number of carbonyl (C=O) groups excluding carboxylic acids is 2. The first-order valence-corrected chi connectivity index (χ1v) is 9.53. The molecule has 7 nitrogen and oxygen atoms in total. The lowest BCUT2D eigenvalue weighted by atomic mass is 9.97. The van der Waals surface area contributed by atoms with Crippen molar-refractivity contribution in [1.82, 2.24) is 15.1 Å². The number of piperidine rings is 1. The molecule has 0 spiro atoms. The first-order chi connectivity index (χ1) is 13.2. The Morgan fingerprint density at radius 3 is 2.81 bits per heavy atom. The van der Waals surface area contributed by atoms with Gasteiger partial charge >= 0.3 is 0 Å². The van der Waals surface area contributed by atoms with E-state index in [-0.39, 0.29) is 17.7 Å². The highest BCUT2D eigenvalue weighted by Crippen LogP contribution is 2.27. The Bertz CT molecular complexity index is 924. The molecule has 1 saturated heterocycles. The van der Waals surface area contributed by atoms with E-state index < -0.39 is 0 Å². The molecule has 3 heterocycles. The van der Waals surface area contributed by atoms with Crippen molar-refractivity contribution in [3.05, 3.63) is 54.5 Å². The van der Waals surface area contributed by atoms with Gasteiger partial charge in [0.2, 0.25) is 11.0 Å². The molecule has 1 fully saturated rings. The number of hydrogen-bond acceptors (Lipinski definition) is 6. The third-order valence-electron chi connectivity index (χ3n) is 4.52. The number of anilines is 1. The van der Waals surface area contributed by atoms with Crippen LogP contribution in [0.3, 0.4) is 0 Å². The van der Waals surface area contributed by atoms with Crippen molar-refractivity contribution in [3.8, 4) is 10.6 Å². The predicted octanol–water partition coefficient (Wildman–Crippen LogP) is 3.29. The molecule has 2 amide bonds. The van der Waals surface area contributed by atoms with Crippen LogP contribution in [0.2, 0.25) is 0 Å². The molecule has 0 radical (unpaired) electrons. The number of hydrogen-bond donors (Lipinski definition) is 1. The van der Waals surface area contributed by atoms with Gasteiger partial charge in [0.05, 0.1) is 17.7 Å². The second kappa shape index (κ2) is 7.71. The number of carbonyl (C=O) groups is 2. The molecule has 1 N–H and O–H groups in total. The molecule has 1 atom stereocenters. The van der Waals surface area contributed by atoms with E-state index in [2.05, 4.69) is 15.5 Å². The number of furan rings is 1. The van der Waals surface area contributed by atoms with Crippen LogP contribution in [0.5, 0.6) is 0 Å². The Morgan fingerprint density at radius 1 is 1.19 bits per heavy atom. The Hall–Kier alpha value is -3.00. The minimum Gasteiger partial charge on any atom is -0.472 e. The molecular weight excluding hydrogens is 364 g/mol. The third kappa shape index (κ3) is 3.90. The summed E-state index contributed by atoms with van der Waals surface area (Å²) >= 11 is 1.34. The Morgan fingerprint density at radius 2 is 2.04 bits per heavy atom. The lowest BCUT2D eigenvalue weighted by Gasteiger charge is -2.31. The molecule has 0 saturated carbocycles. The van der Waals surface area contributed by atoms with Gasteiger partial charge in [0.15, 0.2) is 0 Å². The SMILES string of the molecule is O=C(Nc1nnc(-c2ccccc2)s1)[C@@H]1CCCN(C(=O)c2ccoc2)C1. The second-order valence-corrected chi connectivity index (χ2v) is 7.35. The van der Waals surface area contributed by atoms with E-state index in [1.54, 1.807) is 11.0 Å². The lowest BCUT2D eigenvalue weighted by molar-refractivity contribution is -0.121. The van der Waals surface area contributed by atoms with Gasteiger partial charge in [0, 0.05) is 18.7 Å². The van der Waals surface area contributed by atoms with Gasteiger partial charge in [-0.1, -0.05) is 41.7 Å². The molecule has 0 bridgehead atoms. The molecule has 0 unspecified atom stereocenters. The number of rotatable bonds is 4. The van der Waals surface area contributed by atoms with Gasteiger partial charge in [-0.2, -0.15) is 0 Å². The smallest absolute Gasteiger partial charge is 0.257 e. The van der Waals surface area contributed by atoms with Crippen LogP contribution in [0, 0.1) is 5.92 Å². The van der Waals surface area contributed by atoms with Crippen molar-refractivity contribution in [2.24, 2.45) is 5.92 Å². The summed E-state index contributed by atoms with van der Waals surface area (Å²) in [7, 11) is 0. The summed E-state index contributed by atoms with van der Waals surface area (Å²) in [6.07, 6.45) is 4.43. The van der Waals surface area contributed by atoms with E-state index in [9.17, 15) is 9.59 Å². The van der Waals surface area contributed by atoms with Gasteiger partial charge in [0.25, 0.3) is 5.91 Å².